The summed E-state index contributed by atoms with van der Waals surface area (Å²) in [5.41, 5.74) is -0.582. The number of hydrogen-bond acceptors (Lipinski definition) is 4. The minimum absolute atomic E-state index is 0.234. The van der Waals surface area contributed by atoms with Crippen LogP contribution in [-0.2, 0) is 14.3 Å². The molecule has 5 nitrogen and oxygen atoms in total. The molecular formula is C11H14ClNO4. The summed E-state index contributed by atoms with van der Waals surface area (Å²) in [5, 5.41) is 0. The topological polar surface area (TPSA) is 55.8 Å². The summed E-state index contributed by atoms with van der Waals surface area (Å²) >= 11 is 5.73. The average Bonchev–Trinajstić information content (AvgIpc) is 2.72. The molecule has 3 fully saturated rings. The highest BCUT2D eigenvalue weighted by Crippen LogP contribution is 2.51. The molecule has 0 N–H and O–H groups in total. The smallest absolute Gasteiger partial charge is 0.413 e. The van der Waals surface area contributed by atoms with Crippen molar-refractivity contribution in [3.05, 3.63) is 0 Å². The lowest BCUT2D eigenvalue weighted by Crippen LogP contribution is -2.55. The second kappa shape index (κ2) is 3.77. The zero-order valence-corrected chi connectivity index (χ0v) is 10.1. The van der Waals surface area contributed by atoms with Gasteiger partial charge in [0.2, 0.25) is 0 Å². The molecule has 1 amide bonds. The first-order chi connectivity index (χ1) is 8.20. The van der Waals surface area contributed by atoms with E-state index in [0.29, 0.717) is 12.4 Å². The summed E-state index contributed by atoms with van der Waals surface area (Å²) in [5.74, 6) is -0.137. The van der Waals surface area contributed by atoms with Gasteiger partial charge in [0.25, 0.3) is 6.29 Å². The normalized spacial score (nSPS) is 39.7. The van der Waals surface area contributed by atoms with Crippen molar-refractivity contribution >= 4 is 23.7 Å². The van der Waals surface area contributed by atoms with Crippen LogP contribution in [0.3, 0.4) is 0 Å². The molecule has 1 aliphatic carbocycles. The minimum Gasteiger partial charge on any atom is -0.422 e. The van der Waals surface area contributed by atoms with Crippen LogP contribution in [0.15, 0.2) is 0 Å². The lowest BCUT2D eigenvalue weighted by atomic mass is 9.73. The van der Waals surface area contributed by atoms with Gasteiger partial charge in [-0.05, 0) is 12.8 Å². The maximum Gasteiger partial charge on any atom is 0.413 e. The number of carbonyl (C=O) groups is 2. The third kappa shape index (κ3) is 1.32. The third-order valence-electron chi connectivity index (χ3n) is 4.08. The molecule has 0 bridgehead atoms. The number of alkyl halides is 1. The van der Waals surface area contributed by atoms with E-state index in [4.69, 9.17) is 21.1 Å². The van der Waals surface area contributed by atoms with E-state index < -0.39 is 17.9 Å². The molecule has 3 atom stereocenters. The van der Waals surface area contributed by atoms with Crippen molar-refractivity contribution in [2.45, 2.75) is 37.5 Å². The van der Waals surface area contributed by atoms with Crippen molar-refractivity contribution in [3.63, 3.8) is 0 Å². The fraction of sp³-hybridized carbons (Fsp3) is 0.818. The molecule has 94 valence electrons. The molecule has 17 heavy (non-hydrogen) atoms. The largest absolute Gasteiger partial charge is 0.422 e. The molecule has 1 saturated carbocycles. The Morgan fingerprint density at radius 3 is 2.94 bits per heavy atom. The van der Waals surface area contributed by atoms with Crippen molar-refractivity contribution in [2.75, 3.05) is 12.4 Å². The van der Waals surface area contributed by atoms with Crippen LogP contribution in [0.1, 0.15) is 25.7 Å². The molecule has 3 aliphatic rings. The van der Waals surface area contributed by atoms with Gasteiger partial charge >= 0.3 is 12.1 Å². The summed E-state index contributed by atoms with van der Waals surface area (Å²) in [6, 6.07) is 0. The van der Waals surface area contributed by atoms with Gasteiger partial charge in [0.05, 0.1) is 5.92 Å². The number of hydrogen-bond donors (Lipinski definition) is 0. The van der Waals surface area contributed by atoms with Crippen molar-refractivity contribution < 1.29 is 19.1 Å². The van der Waals surface area contributed by atoms with E-state index in [9.17, 15) is 9.59 Å². The third-order valence-corrected chi connectivity index (χ3v) is 4.25. The predicted octanol–water partition coefficient (Wildman–Crippen LogP) is 1.49. The zero-order chi connectivity index (χ0) is 12.0. The second-order valence-electron chi connectivity index (χ2n) is 4.78. The van der Waals surface area contributed by atoms with Crippen LogP contribution in [-0.4, -0.2) is 41.2 Å². The molecule has 2 saturated heterocycles. The highest BCUT2D eigenvalue weighted by atomic mass is 35.5. The van der Waals surface area contributed by atoms with E-state index in [1.165, 1.54) is 0 Å². The molecular weight excluding hydrogens is 246 g/mol. The van der Waals surface area contributed by atoms with Crippen LogP contribution in [0.25, 0.3) is 0 Å². The predicted molar refractivity (Wildman–Crippen MR) is 58.5 cm³/mol. The van der Waals surface area contributed by atoms with E-state index >= 15 is 0 Å². The number of carbonyl (C=O) groups excluding carboxylic acids is 2. The van der Waals surface area contributed by atoms with E-state index in [1.54, 1.807) is 4.90 Å². The number of amides is 1. The van der Waals surface area contributed by atoms with Gasteiger partial charge in [0, 0.05) is 12.4 Å². The first-order valence-electron chi connectivity index (χ1n) is 5.95. The minimum atomic E-state index is -0.726. The van der Waals surface area contributed by atoms with Gasteiger partial charge in [-0.1, -0.05) is 12.8 Å². The fourth-order valence-electron chi connectivity index (χ4n) is 3.36. The van der Waals surface area contributed by atoms with Crippen molar-refractivity contribution in [1.29, 1.82) is 0 Å². The molecule has 0 aromatic carbocycles. The molecule has 1 spiro atoms. The highest BCUT2D eigenvalue weighted by molar-refractivity contribution is 6.18. The number of esters is 1. The number of ether oxygens (including phenoxy) is 2. The van der Waals surface area contributed by atoms with Crippen molar-refractivity contribution in [1.82, 2.24) is 4.90 Å². The Bertz CT molecular complexity index is 374. The van der Waals surface area contributed by atoms with E-state index in [-0.39, 0.29) is 11.9 Å². The fourth-order valence-corrected chi connectivity index (χ4v) is 3.53. The van der Waals surface area contributed by atoms with Gasteiger partial charge < -0.3 is 9.47 Å². The molecule has 0 radical (unpaired) electrons. The summed E-state index contributed by atoms with van der Waals surface area (Å²) in [7, 11) is 0. The van der Waals surface area contributed by atoms with E-state index in [0.717, 1.165) is 25.7 Å². The lowest BCUT2D eigenvalue weighted by Gasteiger charge is -2.39. The van der Waals surface area contributed by atoms with Crippen molar-refractivity contribution in [2.24, 2.45) is 5.92 Å². The molecule has 2 aliphatic heterocycles. The van der Waals surface area contributed by atoms with Crippen LogP contribution in [0.4, 0.5) is 4.79 Å². The SMILES string of the molecule is O=C1O[C@H]2OC(=O)N(CCCl)[C@]23CCCC[C@H]13. The molecule has 3 rings (SSSR count). The summed E-state index contributed by atoms with van der Waals surface area (Å²) in [4.78, 5) is 25.2. The van der Waals surface area contributed by atoms with E-state index in [2.05, 4.69) is 0 Å². The molecule has 0 unspecified atom stereocenters. The summed E-state index contributed by atoms with van der Waals surface area (Å²) < 4.78 is 10.4. The zero-order valence-electron chi connectivity index (χ0n) is 9.36. The van der Waals surface area contributed by atoms with Crippen LogP contribution >= 0.6 is 11.6 Å². The first-order valence-corrected chi connectivity index (χ1v) is 6.48. The number of halogens is 1. The van der Waals surface area contributed by atoms with Gasteiger partial charge in [0.1, 0.15) is 5.54 Å². The Labute approximate surface area is 104 Å². The monoisotopic (exact) mass is 259 g/mol. The molecule has 0 aromatic heterocycles. The average molecular weight is 260 g/mol. The maximum absolute atomic E-state index is 11.8. The van der Waals surface area contributed by atoms with Gasteiger partial charge in [-0.25, -0.2) is 4.79 Å². The Morgan fingerprint density at radius 1 is 1.35 bits per heavy atom. The Hall–Kier alpha value is -0.970. The van der Waals surface area contributed by atoms with E-state index in [1.807, 2.05) is 0 Å². The molecule has 6 heteroatoms. The van der Waals surface area contributed by atoms with Gasteiger partial charge in [0.15, 0.2) is 0 Å². The van der Waals surface area contributed by atoms with Crippen LogP contribution in [0.2, 0.25) is 0 Å². The Balaban J connectivity index is 2.00. The Kier molecular flexibility index (Phi) is 2.47. The van der Waals surface area contributed by atoms with Gasteiger partial charge in [-0.2, -0.15) is 0 Å². The lowest BCUT2D eigenvalue weighted by molar-refractivity contribution is -0.154. The standard InChI is InChI=1S/C11H14ClNO4/c12-5-6-13-10(15)17-9-11(13)4-2-1-3-7(11)8(14)16-9/h7,9H,1-6H2/t7-,9+,11+/m1/s1. The van der Waals surface area contributed by atoms with Crippen LogP contribution in [0, 0.1) is 5.92 Å². The molecule has 2 heterocycles. The number of rotatable bonds is 2. The van der Waals surface area contributed by atoms with Crippen LogP contribution < -0.4 is 0 Å². The van der Waals surface area contributed by atoms with Crippen LogP contribution in [0.5, 0.6) is 0 Å². The molecule has 0 aromatic rings. The summed E-state index contributed by atoms with van der Waals surface area (Å²) in [6.07, 6.45) is 2.38. The maximum atomic E-state index is 11.8. The second-order valence-corrected chi connectivity index (χ2v) is 5.16. The quantitative estimate of drug-likeness (QED) is 0.557. The van der Waals surface area contributed by atoms with Gasteiger partial charge in [-0.15, -0.1) is 11.6 Å². The van der Waals surface area contributed by atoms with Crippen molar-refractivity contribution in [3.8, 4) is 0 Å². The Morgan fingerprint density at radius 2 is 2.18 bits per heavy atom. The highest BCUT2D eigenvalue weighted by Gasteiger charge is 2.68. The van der Waals surface area contributed by atoms with Gasteiger partial charge in [-0.3, -0.25) is 9.69 Å². The summed E-state index contributed by atoms with van der Waals surface area (Å²) in [6.45, 7) is 0.407. The number of nitrogens with zero attached hydrogens (tertiary/aromatic N) is 1. The first kappa shape index (κ1) is 11.1.